The van der Waals surface area contributed by atoms with Crippen molar-refractivity contribution in [3.8, 4) is 0 Å². The molecular weight excluding hydrogens is 334 g/mol. The van der Waals surface area contributed by atoms with Crippen LogP contribution < -0.4 is 0 Å². The monoisotopic (exact) mass is 361 g/mol. The van der Waals surface area contributed by atoms with Crippen molar-refractivity contribution in [2.45, 2.75) is 51.0 Å². The Morgan fingerprint density at radius 2 is 1.78 bits per heavy atom. The second-order valence-electron chi connectivity index (χ2n) is 7.69. The first-order chi connectivity index (χ1) is 13.1. The van der Waals surface area contributed by atoms with Crippen molar-refractivity contribution in [2.75, 3.05) is 7.05 Å². The van der Waals surface area contributed by atoms with Gasteiger partial charge in [0, 0.05) is 24.6 Å². The molecule has 27 heavy (non-hydrogen) atoms. The van der Waals surface area contributed by atoms with E-state index in [0.29, 0.717) is 6.04 Å². The van der Waals surface area contributed by atoms with Crippen LogP contribution >= 0.6 is 0 Å². The SMILES string of the molecule is CC(c1ccc(C(=O)N(C)C2CCCCC2)cc1)c1nc2ccccc2[nH]1. The largest absolute Gasteiger partial charge is 0.341 e. The van der Waals surface area contributed by atoms with Crippen LogP contribution in [0.1, 0.15) is 66.7 Å². The zero-order valence-corrected chi connectivity index (χ0v) is 16.1. The summed E-state index contributed by atoms with van der Waals surface area (Å²) in [5, 5.41) is 0. The van der Waals surface area contributed by atoms with Gasteiger partial charge in [-0.3, -0.25) is 4.79 Å². The normalized spacial score (nSPS) is 16.4. The van der Waals surface area contributed by atoms with Gasteiger partial charge in [0.1, 0.15) is 5.82 Å². The van der Waals surface area contributed by atoms with E-state index in [4.69, 9.17) is 4.98 Å². The molecule has 1 heterocycles. The van der Waals surface area contributed by atoms with Crippen LogP contribution in [-0.2, 0) is 0 Å². The summed E-state index contributed by atoms with van der Waals surface area (Å²) in [6.45, 7) is 2.14. The quantitative estimate of drug-likeness (QED) is 0.701. The first-order valence-electron chi connectivity index (χ1n) is 9.95. The number of amides is 1. The summed E-state index contributed by atoms with van der Waals surface area (Å²) in [5.41, 5.74) is 3.97. The van der Waals surface area contributed by atoms with Gasteiger partial charge < -0.3 is 9.88 Å². The first-order valence-corrected chi connectivity index (χ1v) is 9.95. The molecule has 1 atom stereocenters. The number of rotatable bonds is 4. The maximum Gasteiger partial charge on any atom is 0.253 e. The minimum atomic E-state index is 0.129. The maximum atomic E-state index is 12.8. The molecular formula is C23H27N3O. The van der Waals surface area contributed by atoms with Gasteiger partial charge in [-0.2, -0.15) is 0 Å². The van der Waals surface area contributed by atoms with E-state index in [-0.39, 0.29) is 11.8 Å². The van der Waals surface area contributed by atoms with Crippen LogP contribution in [0.5, 0.6) is 0 Å². The molecule has 1 N–H and O–H groups in total. The molecule has 1 saturated carbocycles. The summed E-state index contributed by atoms with van der Waals surface area (Å²) in [7, 11) is 1.95. The number of para-hydroxylation sites is 2. The lowest BCUT2D eigenvalue weighted by molar-refractivity contribution is 0.0696. The molecule has 4 rings (SSSR count). The van der Waals surface area contributed by atoms with Gasteiger partial charge in [-0.1, -0.05) is 50.5 Å². The third-order valence-electron chi connectivity index (χ3n) is 5.92. The van der Waals surface area contributed by atoms with E-state index >= 15 is 0 Å². The van der Waals surface area contributed by atoms with Crippen LogP contribution in [0, 0.1) is 0 Å². The standard InChI is InChI=1S/C23H27N3O/c1-16(22-24-20-10-6-7-11-21(20)25-22)17-12-14-18(15-13-17)23(27)26(2)19-8-4-3-5-9-19/h6-7,10-16,19H,3-5,8-9H2,1-2H3,(H,24,25). The average molecular weight is 361 g/mol. The Balaban J connectivity index is 1.50. The topological polar surface area (TPSA) is 49.0 Å². The van der Waals surface area contributed by atoms with Crippen LogP contribution in [0.4, 0.5) is 0 Å². The summed E-state index contributed by atoms with van der Waals surface area (Å²) >= 11 is 0. The summed E-state index contributed by atoms with van der Waals surface area (Å²) in [6, 6.07) is 16.5. The van der Waals surface area contributed by atoms with Crippen LogP contribution in [0.2, 0.25) is 0 Å². The molecule has 1 aliphatic rings. The molecule has 1 aliphatic carbocycles. The molecule has 1 unspecified atom stereocenters. The van der Waals surface area contributed by atoms with E-state index in [1.165, 1.54) is 19.3 Å². The molecule has 1 amide bonds. The Labute approximate surface area is 160 Å². The number of imidazole rings is 1. The van der Waals surface area contributed by atoms with E-state index in [9.17, 15) is 4.79 Å². The molecule has 0 bridgehead atoms. The number of hydrogen-bond donors (Lipinski definition) is 1. The Hall–Kier alpha value is -2.62. The van der Waals surface area contributed by atoms with Crippen LogP contribution in [0.3, 0.4) is 0 Å². The number of fused-ring (bicyclic) bond motifs is 1. The minimum absolute atomic E-state index is 0.129. The summed E-state index contributed by atoms with van der Waals surface area (Å²) in [6.07, 6.45) is 6.02. The highest BCUT2D eigenvalue weighted by molar-refractivity contribution is 5.94. The molecule has 0 radical (unpaired) electrons. The summed E-state index contributed by atoms with van der Waals surface area (Å²) < 4.78 is 0. The molecule has 4 heteroatoms. The van der Waals surface area contributed by atoms with Crippen molar-refractivity contribution in [1.82, 2.24) is 14.9 Å². The van der Waals surface area contributed by atoms with Gasteiger partial charge in [0.25, 0.3) is 5.91 Å². The minimum Gasteiger partial charge on any atom is -0.341 e. The number of nitrogens with zero attached hydrogens (tertiary/aromatic N) is 2. The molecule has 4 nitrogen and oxygen atoms in total. The Kier molecular flexibility index (Phi) is 4.97. The number of carbonyl (C=O) groups excluding carboxylic acids is 1. The zero-order valence-electron chi connectivity index (χ0n) is 16.1. The number of aromatic nitrogens is 2. The van der Waals surface area contributed by atoms with Crippen molar-refractivity contribution in [3.05, 3.63) is 65.5 Å². The number of carbonyl (C=O) groups is 1. The summed E-state index contributed by atoms with van der Waals surface area (Å²) in [5.74, 6) is 1.23. The maximum absolute atomic E-state index is 12.8. The Morgan fingerprint density at radius 3 is 2.48 bits per heavy atom. The van der Waals surface area contributed by atoms with Gasteiger partial charge in [0.2, 0.25) is 0 Å². The lowest BCUT2D eigenvalue weighted by Crippen LogP contribution is -2.38. The van der Waals surface area contributed by atoms with E-state index < -0.39 is 0 Å². The van der Waals surface area contributed by atoms with E-state index in [1.54, 1.807) is 0 Å². The molecule has 1 aromatic heterocycles. The van der Waals surface area contributed by atoms with E-state index in [1.807, 2.05) is 48.3 Å². The second-order valence-corrected chi connectivity index (χ2v) is 7.69. The van der Waals surface area contributed by atoms with Crippen molar-refractivity contribution in [1.29, 1.82) is 0 Å². The van der Waals surface area contributed by atoms with E-state index in [0.717, 1.165) is 40.8 Å². The lowest BCUT2D eigenvalue weighted by atomic mass is 9.94. The molecule has 0 spiro atoms. The van der Waals surface area contributed by atoms with Gasteiger partial charge in [-0.05, 0) is 42.7 Å². The number of hydrogen-bond acceptors (Lipinski definition) is 2. The molecule has 0 saturated heterocycles. The highest BCUT2D eigenvalue weighted by atomic mass is 16.2. The highest BCUT2D eigenvalue weighted by Crippen LogP contribution is 2.26. The summed E-state index contributed by atoms with van der Waals surface area (Å²) in [4.78, 5) is 22.9. The average Bonchev–Trinajstić information content (AvgIpc) is 3.17. The molecule has 1 fully saturated rings. The predicted octanol–water partition coefficient (Wildman–Crippen LogP) is 5.12. The molecule has 140 valence electrons. The van der Waals surface area contributed by atoms with E-state index in [2.05, 4.69) is 24.0 Å². The van der Waals surface area contributed by atoms with Gasteiger partial charge in [-0.25, -0.2) is 4.98 Å². The highest BCUT2D eigenvalue weighted by Gasteiger charge is 2.23. The van der Waals surface area contributed by atoms with Gasteiger partial charge in [-0.15, -0.1) is 0 Å². The number of H-pyrrole nitrogens is 1. The third kappa shape index (κ3) is 3.61. The third-order valence-corrected chi connectivity index (χ3v) is 5.92. The van der Waals surface area contributed by atoms with Crippen molar-refractivity contribution in [2.24, 2.45) is 0 Å². The van der Waals surface area contributed by atoms with Gasteiger partial charge in [0.05, 0.1) is 11.0 Å². The Morgan fingerprint density at radius 1 is 1.07 bits per heavy atom. The molecule has 0 aliphatic heterocycles. The second kappa shape index (κ2) is 7.55. The number of nitrogens with one attached hydrogen (secondary N) is 1. The molecule has 3 aromatic rings. The van der Waals surface area contributed by atoms with Crippen molar-refractivity contribution in [3.63, 3.8) is 0 Å². The lowest BCUT2D eigenvalue weighted by Gasteiger charge is -2.31. The van der Waals surface area contributed by atoms with Crippen LogP contribution in [0.25, 0.3) is 11.0 Å². The van der Waals surface area contributed by atoms with Crippen LogP contribution in [-0.4, -0.2) is 33.9 Å². The van der Waals surface area contributed by atoms with Gasteiger partial charge in [0.15, 0.2) is 0 Å². The fraction of sp³-hybridized carbons (Fsp3) is 0.391. The van der Waals surface area contributed by atoms with Crippen LogP contribution in [0.15, 0.2) is 48.5 Å². The fourth-order valence-electron chi connectivity index (χ4n) is 4.09. The Bertz CT molecular complexity index is 889. The molecule has 2 aromatic carbocycles. The predicted molar refractivity (Wildman–Crippen MR) is 109 cm³/mol. The fourth-order valence-corrected chi connectivity index (χ4v) is 4.09. The smallest absolute Gasteiger partial charge is 0.253 e. The number of benzene rings is 2. The van der Waals surface area contributed by atoms with Gasteiger partial charge >= 0.3 is 0 Å². The number of aromatic amines is 1. The van der Waals surface area contributed by atoms with Crippen molar-refractivity contribution >= 4 is 16.9 Å². The zero-order chi connectivity index (χ0) is 18.8. The first kappa shape index (κ1) is 17.8. The van der Waals surface area contributed by atoms with Crippen molar-refractivity contribution < 1.29 is 4.79 Å².